The predicted molar refractivity (Wildman–Crippen MR) is 125 cm³/mol. The van der Waals surface area contributed by atoms with Gasteiger partial charge in [-0.05, 0) is 44.4 Å². The summed E-state index contributed by atoms with van der Waals surface area (Å²) in [5.41, 5.74) is 6.06. The second kappa shape index (κ2) is 8.19. The molecule has 0 saturated heterocycles. The summed E-state index contributed by atoms with van der Waals surface area (Å²) in [6, 6.07) is 5.74. The largest absolute Gasteiger partial charge is 0.387 e. The fourth-order valence-electron chi connectivity index (χ4n) is 4.30. The van der Waals surface area contributed by atoms with Gasteiger partial charge in [0.15, 0.2) is 0 Å². The number of nitrogens with one attached hydrogen (secondary N) is 1. The Balaban J connectivity index is 1.59. The third kappa shape index (κ3) is 3.84. The van der Waals surface area contributed by atoms with Crippen LogP contribution in [0.25, 0.3) is 27.7 Å². The highest BCUT2D eigenvalue weighted by Gasteiger charge is 2.43. The fourth-order valence-corrected chi connectivity index (χ4v) is 4.30. The molecule has 7 nitrogen and oxygen atoms in total. The summed E-state index contributed by atoms with van der Waals surface area (Å²) in [6.45, 7) is 6.00. The highest BCUT2D eigenvalue weighted by Crippen LogP contribution is 2.36. The Morgan fingerprint density at radius 1 is 1.18 bits per heavy atom. The molecule has 170 valence electrons. The van der Waals surface area contributed by atoms with Gasteiger partial charge in [0, 0.05) is 46.9 Å². The maximum Gasteiger partial charge on any atom is 0.231 e. The Morgan fingerprint density at radius 3 is 2.67 bits per heavy atom. The fraction of sp³-hybridized carbons (Fsp3) is 0.360. The van der Waals surface area contributed by atoms with Crippen molar-refractivity contribution in [3.05, 3.63) is 53.7 Å². The third-order valence-corrected chi connectivity index (χ3v) is 6.26. The van der Waals surface area contributed by atoms with Crippen LogP contribution in [-0.2, 0) is 4.79 Å². The Kier molecular flexibility index (Phi) is 5.32. The number of hydrogen-bond donors (Lipinski definition) is 2. The molecular weight excluding hydrogens is 421 g/mol. The molecule has 8 heteroatoms. The van der Waals surface area contributed by atoms with Crippen LogP contribution in [0.15, 0.2) is 36.8 Å². The number of fused-ring (bicyclic) bond motifs is 3. The normalized spacial score (nSPS) is 18.6. The topological polar surface area (TPSA) is 92.4 Å². The van der Waals surface area contributed by atoms with E-state index in [2.05, 4.69) is 20.3 Å². The SMILES string of the molecule is CCCC(O)c1cc(C)c(-c2cc3cnc(NC(=O)[C@H]4C[C@H]4F)cc3n3c(C)cnc23)cn1. The second-order valence-electron chi connectivity index (χ2n) is 8.82. The van der Waals surface area contributed by atoms with E-state index >= 15 is 0 Å². The van der Waals surface area contributed by atoms with Gasteiger partial charge >= 0.3 is 0 Å². The van der Waals surface area contributed by atoms with Crippen molar-refractivity contribution in [1.82, 2.24) is 19.4 Å². The molecule has 0 aliphatic heterocycles. The number of aromatic nitrogens is 4. The molecule has 0 aromatic carbocycles. The third-order valence-electron chi connectivity index (χ3n) is 6.26. The van der Waals surface area contributed by atoms with Crippen LogP contribution in [0.3, 0.4) is 0 Å². The molecule has 4 heterocycles. The molecule has 1 saturated carbocycles. The van der Waals surface area contributed by atoms with E-state index in [9.17, 15) is 14.3 Å². The maximum absolute atomic E-state index is 13.2. The van der Waals surface area contributed by atoms with E-state index in [1.807, 2.05) is 37.3 Å². The van der Waals surface area contributed by atoms with Crippen molar-refractivity contribution in [3.8, 4) is 11.1 Å². The van der Waals surface area contributed by atoms with Gasteiger partial charge in [-0.15, -0.1) is 0 Å². The van der Waals surface area contributed by atoms with Crippen molar-refractivity contribution in [1.29, 1.82) is 0 Å². The van der Waals surface area contributed by atoms with Gasteiger partial charge < -0.3 is 10.4 Å². The van der Waals surface area contributed by atoms with Crippen molar-refractivity contribution in [2.45, 2.75) is 52.3 Å². The van der Waals surface area contributed by atoms with Gasteiger partial charge in [0.05, 0.1) is 23.2 Å². The van der Waals surface area contributed by atoms with E-state index in [-0.39, 0.29) is 12.3 Å². The van der Waals surface area contributed by atoms with Crippen LogP contribution in [-0.4, -0.2) is 36.5 Å². The monoisotopic (exact) mass is 447 g/mol. The van der Waals surface area contributed by atoms with Crippen LogP contribution in [0.4, 0.5) is 10.2 Å². The minimum Gasteiger partial charge on any atom is -0.387 e. The number of carbonyl (C=O) groups is 1. The van der Waals surface area contributed by atoms with Crippen LogP contribution in [0.2, 0.25) is 0 Å². The minimum absolute atomic E-state index is 0.273. The Hall–Kier alpha value is -3.39. The van der Waals surface area contributed by atoms with Gasteiger partial charge in [-0.1, -0.05) is 13.3 Å². The van der Waals surface area contributed by atoms with Crippen LogP contribution in [0.1, 0.15) is 49.2 Å². The summed E-state index contributed by atoms with van der Waals surface area (Å²) >= 11 is 0. The van der Waals surface area contributed by atoms with Gasteiger partial charge in [0.1, 0.15) is 17.6 Å². The summed E-state index contributed by atoms with van der Waals surface area (Å²) in [7, 11) is 0. The van der Waals surface area contributed by atoms with E-state index in [1.165, 1.54) is 0 Å². The molecule has 4 aromatic heterocycles. The number of pyridine rings is 3. The van der Waals surface area contributed by atoms with Crippen LogP contribution in [0.5, 0.6) is 0 Å². The highest BCUT2D eigenvalue weighted by molar-refractivity contribution is 5.97. The van der Waals surface area contributed by atoms with Crippen LogP contribution >= 0.6 is 0 Å². The number of carbonyl (C=O) groups excluding carboxylic acids is 1. The van der Waals surface area contributed by atoms with Crippen LogP contribution < -0.4 is 5.32 Å². The van der Waals surface area contributed by atoms with Crippen molar-refractivity contribution in [2.75, 3.05) is 5.32 Å². The molecule has 33 heavy (non-hydrogen) atoms. The van der Waals surface area contributed by atoms with Crippen molar-refractivity contribution in [3.63, 3.8) is 0 Å². The average Bonchev–Trinajstić information content (AvgIpc) is 3.41. The molecule has 0 bridgehead atoms. The molecule has 3 atom stereocenters. The number of rotatable bonds is 6. The van der Waals surface area contributed by atoms with Crippen molar-refractivity contribution >= 4 is 28.3 Å². The average molecular weight is 448 g/mol. The van der Waals surface area contributed by atoms with Crippen molar-refractivity contribution in [2.24, 2.45) is 5.92 Å². The number of hydrogen-bond acceptors (Lipinski definition) is 5. The van der Waals surface area contributed by atoms with Gasteiger partial charge in [-0.3, -0.25) is 14.2 Å². The molecule has 5 rings (SSSR count). The number of aryl methyl sites for hydroxylation is 2. The maximum atomic E-state index is 13.2. The Bertz CT molecular complexity index is 1380. The van der Waals surface area contributed by atoms with E-state index in [0.717, 1.165) is 45.4 Å². The lowest BCUT2D eigenvalue weighted by atomic mass is 10.00. The molecule has 1 unspecified atom stereocenters. The first-order valence-corrected chi connectivity index (χ1v) is 11.2. The first-order valence-electron chi connectivity index (χ1n) is 11.2. The quantitative estimate of drug-likeness (QED) is 0.447. The van der Waals surface area contributed by atoms with Crippen LogP contribution in [0, 0.1) is 19.8 Å². The summed E-state index contributed by atoms with van der Waals surface area (Å²) < 4.78 is 15.3. The molecule has 1 aliphatic carbocycles. The van der Waals surface area contributed by atoms with Gasteiger partial charge in [0.25, 0.3) is 0 Å². The Morgan fingerprint density at radius 2 is 1.97 bits per heavy atom. The lowest BCUT2D eigenvalue weighted by Gasteiger charge is -2.15. The zero-order valence-corrected chi connectivity index (χ0v) is 18.8. The molecule has 4 aromatic rings. The summed E-state index contributed by atoms with van der Waals surface area (Å²) in [5, 5.41) is 13.9. The van der Waals surface area contributed by atoms with Gasteiger partial charge in [0.2, 0.25) is 5.91 Å². The summed E-state index contributed by atoms with van der Waals surface area (Å²) in [6.07, 6.45) is 5.49. The van der Waals surface area contributed by atoms with E-state index < -0.39 is 18.2 Å². The second-order valence-corrected chi connectivity index (χ2v) is 8.82. The number of nitrogens with zero attached hydrogens (tertiary/aromatic N) is 4. The number of alkyl halides is 1. The molecule has 2 N–H and O–H groups in total. The van der Waals surface area contributed by atoms with Gasteiger partial charge in [-0.2, -0.15) is 0 Å². The summed E-state index contributed by atoms with van der Waals surface area (Å²) in [4.78, 5) is 25.7. The standard InChI is InChI=1S/C25H26FN5O2/c1-4-5-22(32)20-6-13(2)18(12-27-20)16-7-15-11-28-23(30-25(33)17-8-19(17)26)9-21(15)31-14(3)10-29-24(16)31/h6-7,9-12,17,19,22,32H,4-5,8H2,1-3H3,(H,28,30,33)/t17-,19+,22?/m0/s1. The molecule has 1 aliphatic rings. The minimum atomic E-state index is -1.05. The molecule has 1 amide bonds. The van der Waals surface area contributed by atoms with E-state index in [1.54, 1.807) is 24.7 Å². The predicted octanol–water partition coefficient (Wildman–Crippen LogP) is 4.69. The zero-order chi connectivity index (χ0) is 23.3. The Labute approximate surface area is 190 Å². The smallest absolute Gasteiger partial charge is 0.231 e. The van der Waals surface area contributed by atoms with Crippen molar-refractivity contribution < 1.29 is 14.3 Å². The first-order chi connectivity index (χ1) is 15.9. The lowest BCUT2D eigenvalue weighted by Crippen LogP contribution is -2.16. The lowest BCUT2D eigenvalue weighted by molar-refractivity contribution is -0.117. The number of amides is 1. The van der Waals surface area contributed by atoms with E-state index in [0.29, 0.717) is 17.9 Å². The molecule has 0 radical (unpaired) electrons. The number of aliphatic hydroxyl groups excluding tert-OH is 1. The van der Waals surface area contributed by atoms with Gasteiger partial charge in [-0.25, -0.2) is 14.4 Å². The molecule has 1 fully saturated rings. The molecular formula is C25H26FN5O2. The number of aliphatic hydroxyl groups is 1. The zero-order valence-electron chi connectivity index (χ0n) is 18.8. The highest BCUT2D eigenvalue weighted by atomic mass is 19.1. The molecule has 0 spiro atoms. The van der Waals surface area contributed by atoms with E-state index in [4.69, 9.17) is 0 Å². The summed E-state index contributed by atoms with van der Waals surface area (Å²) in [5.74, 6) is -0.522. The number of anilines is 1. The first kappa shape index (κ1) is 21.5. The number of halogens is 1. The number of imidazole rings is 1.